The van der Waals surface area contributed by atoms with Crippen LogP contribution in [0, 0.1) is 0 Å². The maximum Gasteiger partial charge on any atom is 0.271 e. The van der Waals surface area contributed by atoms with Gasteiger partial charge in [-0.15, -0.1) is 0 Å². The van der Waals surface area contributed by atoms with Crippen molar-refractivity contribution in [3.63, 3.8) is 0 Å². The number of hydrogen-bond donors (Lipinski definition) is 0. The third-order valence-electron chi connectivity index (χ3n) is 6.76. The first kappa shape index (κ1) is 33.9. The molecule has 3 heteroatoms. The lowest BCUT2D eigenvalue weighted by Crippen LogP contribution is -2.23. The van der Waals surface area contributed by atoms with E-state index in [0.29, 0.717) is 0 Å². The normalized spacial score (nSPS) is 11.6. The molecule has 206 valence electrons. The molecule has 0 radical (unpaired) electrons. The van der Waals surface area contributed by atoms with Gasteiger partial charge in [0.05, 0.1) is 19.8 Å². The molecule has 0 aromatic rings. The lowest BCUT2D eigenvalue weighted by molar-refractivity contribution is -0.288. The van der Waals surface area contributed by atoms with Gasteiger partial charge in [-0.3, -0.25) is 0 Å². The first-order valence-electron chi connectivity index (χ1n) is 15.7. The molecule has 0 atom stereocenters. The van der Waals surface area contributed by atoms with Crippen molar-refractivity contribution in [3.05, 3.63) is 0 Å². The molecule has 0 amide bonds. The van der Waals surface area contributed by atoms with Gasteiger partial charge in [-0.2, -0.15) is 0 Å². The van der Waals surface area contributed by atoms with E-state index in [9.17, 15) is 0 Å². The Kier molecular flexibility index (Phi) is 30.8. The highest BCUT2D eigenvalue weighted by atomic mass is 16.8. The summed E-state index contributed by atoms with van der Waals surface area (Å²) in [6, 6.07) is 0. The molecular formula is C31H64O3. The van der Waals surface area contributed by atoms with Gasteiger partial charge in [0.15, 0.2) is 0 Å². The van der Waals surface area contributed by atoms with Crippen LogP contribution in [0.5, 0.6) is 0 Å². The maximum atomic E-state index is 5.99. The van der Waals surface area contributed by atoms with Crippen molar-refractivity contribution in [2.45, 2.75) is 181 Å². The second kappa shape index (κ2) is 30.9. The molecular weight excluding hydrogens is 420 g/mol. The van der Waals surface area contributed by atoms with Crippen LogP contribution in [0.3, 0.4) is 0 Å². The van der Waals surface area contributed by atoms with Crippen LogP contribution in [0.4, 0.5) is 0 Å². The summed E-state index contributed by atoms with van der Waals surface area (Å²) in [6.45, 7) is 8.65. The van der Waals surface area contributed by atoms with Crippen LogP contribution in [0.1, 0.15) is 175 Å². The summed E-state index contributed by atoms with van der Waals surface area (Å²) in [6.07, 6.45) is 31.7. The molecule has 0 spiro atoms. The van der Waals surface area contributed by atoms with Crippen LogP contribution in [0.2, 0.25) is 0 Å². The van der Waals surface area contributed by atoms with E-state index in [0.717, 1.165) is 39.1 Å². The molecule has 0 saturated carbocycles. The molecule has 34 heavy (non-hydrogen) atoms. The Hall–Kier alpha value is -0.120. The standard InChI is InChI=1S/C31H64O3/c1-4-7-10-13-16-19-22-25-28-32-31(33-29-26-23-20-17-14-11-8-5-2)34-30-27-24-21-18-15-12-9-6-3/h31H,4-30H2,1-3H3. The highest BCUT2D eigenvalue weighted by Gasteiger charge is 2.10. The summed E-state index contributed by atoms with van der Waals surface area (Å²) in [5, 5.41) is 0. The van der Waals surface area contributed by atoms with Crippen molar-refractivity contribution < 1.29 is 14.2 Å². The minimum atomic E-state index is -0.460. The van der Waals surface area contributed by atoms with E-state index in [-0.39, 0.29) is 0 Å². The van der Waals surface area contributed by atoms with E-state index in [4.69, 9.17) is 14.2 Å². The number of unbranched alkanes of at least 4 members (excludes halogenated alkanes) is 21. The number of rotatable bonds is 30. The van der Waals surface area contributed by atoms with Crippen molar-refractivity contribution in [1.29, 1.82) is 0 Å². The van der Waals surface area contributed by atoms with Crippen molar-refractivity contribution in [2.75, 3.05) is 19.8 Å². The largest absolute Gasteiger partial charge is 0.330 e. The average Bonchev–Trinajstić information content (AvgIpc) is 2.85. The summed E-state index contributed by atoms with van der Waals surface area (Å²) in [7, 11) is 0. The third-order valence-corrected chi connectivity index (χ3v) is 6.76. The van der Waals surface area contributed by atoms with Crippen LogP contribution in [-0.2, 0) is 14.2 Å². The zero-order valence-electron chi connectivity index (χ0n) is 23.9. The quantitative estimate of drug-likeness (QED) is 0.0749. The van der Waals surface area contributed by atoms with Crippen LogP contribution in [0.15, 0.2) is 0 Å². The highest BCUT2D eigenvalue weighted by molar-refractivity contribution is 4.49. The van der Waals surface area contributed by atoms with Gasteiger partial charge in [0.1, 0.15) is 0 Å². The minimum absolute atomic E-state index is 0.460. The van der Waals surface area contributed by atoms with Gasteiger partial charge in [0.2, 0.25) is 0 Å². The molecule has 0 heterocycles. The Labute approximate surface area is 215 Å². The smallest absolute Gasteiger partial charge is 0.271 e. The SMILES string of the molecule is CCCCCCCCCCOC(OCCCCCCCCCC)OCCCCCCCCCC. The maximum absolute atomic E-state index is 5.99. The molecule has 0 N–H and O–H groups in total. The van der Waals surface area contributed by atoms with E-state index >= 15 is 0 Å². The molecule has 0 aromatic heterocycles. The first-order chi connectivity index (χ1) is 16.8. The molecule has 0 unspecified atom stereocenters. The van der Waals surface area contributed by atoms with Gasteiger partial charge >= 0.3 is 0 Å². The molecule has 0 bridgehead atoms. The topological polar surface area (TPSA) is 27.7 Å². The lowest BCUT2D eigenvalue weighted by Gasteiger charge is -2.19. The van der Waals surface area contributed by atoms with Gasteiger partial charge in [-0.05, 0) is 19.3 Å². The average molecular weight is 485 g/mol. The predicted molar refractivity (Wildman–Crippen MR) is 149 cm³/mol. The Bertz CT molecular complexity index is 295. The highest BCUT2D eigenvalue weighted by Crippen LogP contribution is 2.12. The molecule has 0 saturated heterocycles. The Morgan fingerprint density at radius 1 is 0.294 bits per heavy atom. The molecule has 3 nitrogen and oxygen atoms in total. The monoisotopic (exact) mass is 484 g/mol. The molecule has 0 rings (SSSR count). The minimum Gasteiger partial charge on any atom is -0.330 e. The van der Waals surface area contributed by atoms with Gasteiger partial charge < -0.3 is 14.2 Å². The van der Waals surface area contributed by atoms with Gasteiger partial charge in [0.25, 0.3) is 6.48 Å². The van der Waals surface area contributed by atoms with Crippen molar-refractivity contribution in [3.8, 4) is 0 Å². The fraction of sp³-hybridized carbons (Fsp3) is 1.00. The summed E-state index contributed by atoms with van der Waals surface area (Å²) in [5.74, 6) is 0. The summed E-state index contributed by atoms with van der Waals surface area (Å²) >= 11 is 0. The van der Waals surface area contributed by atoms with Crippen molar-refractivity contribution >= 4 is 0 Å². The Morgan fingerprint density at radius 3 is 0.735 bits per heavy atom. The molecule has 0 fully saturated rings. The molecule has 0 aliphatic rings. The van der Waals surface area contributed by atoms with Crippen LogP contribution in [0.25, 0.3) is 0 Å². The van der Waals surface area contributed by atoms with Crippen LogP contribution >= 0.6 is 0 Å². The van der Waals surface area contributed by atoms with Gasteiger partial charge in [-0.1, -0.05) is 156 Å². The summed E-state index contributed by atoms with van der Waals surface area (Å²) in [5.41, 5.74) is 0. The fourth-order valence-electron chi connectivity index (χ4n) is 4.39. The number of ether oxygens (including phenoxy) is 3. The van der Waals surface area contributed by atoms with E-state index in [1.807, 2.05) is 0 Å². The second-order valence-corrected chi connectivity index (χ2v) is 10.3. The van der Waals surface area contributed by atoms with E-state index < -0.39 is 6.48 Å². The zero-order chi connectivity index (χ0) is 24.8. The van der Waals surface area contributed by atoms with E-state index in [1.165, 1.54) is 135 Å². The molecule has 0 aliphatic carbocycles. The van der Waals surface area contributed by atoms with Gasteiger partial charge in [0, 0.05) is 0 Å². The van der Waals surface area contributed by atoms with Crippen LogP contribution < -0.4 is 0 Å². The fourth-order valence-corrected chi connectivity index (χ4v) is 4.39. The van der Waals surface area contributed by atoms with Crippen molar-refractivity contribution in [2.24, 2.45) is 0 Å². The zero-order valence-corrected chi connectivity index (χ0v) is 23.9. The van der Waals surface area contributed by atoms with E-state index in [1.54, 1.807) is 0 Å². The van der Waals surface area contributed by atoms with E-state index in [2.05, 4.69) is 20.8 Å². The van der Waals surface area contributed by atoms with Crippen molar-refractivity contribution in [1.82, 2.24) is 0 Å². The summed E-state index contributed by atoms with van der Waals surface area (Å²) < 4.78 is 18.0. The van der Waals surface area contributed by atoms with Crippen LogP contribution in [-0.4, -0.2) is 26.3 Å². The Balaban J connectivity index is 3.85. The number of hydrogen-bond acceptors (Lipinski definition) is 3. The molecule has 0 aliphatic heterocycles. The predicted octanol–water partition coefficient (Wildman–Crippen LogP) is 10.7. The second-order valence-electron chi connectivity index (χ2n) is 10.3. The third kappa shape index (κ3) is 28.1. The summed E-state index contributed by atoms with van der Waals surface area (Å²) in [4.78, 5) is 0. The molecule has 0 aromatic carbocycles. The Morgan fingerprint density at radius 2 is 0.500 bits per heavy atom. The lowest BCUT2D eigenvalue weighted by atomic mass is 10.1. The van der Waals surface area contributed by atoms with Gasteiger partial charge in [-0.25, -0.2) is 0 Å². The first-order valence-corrected chi connectivity index (χ1v) is 15.7.